The van der Waals surface area contributed by atoms with Crippen molar-refractivity contribution in [2.75, 3.05) is 7.11 Å². The van der Waals surface area contributed by atoms with E-state index in [4.69, 9.17) is 0 Å². The Morgan fingerprint density at radius 1 is 1.55 bits per heavy atom. The van der Waals surface area contributed by atoms with Gasteiger partial charge in [-0.15, -0.1) is 0 Å². The molecule has 2 fully saturated rings. The van der Waals surface area contributed by atoms with Crippen LogP contribution in [-0.2, 0) is 9.53 Å². The standard InChI is InChI=1S/C8H13NO2/c1-11-7(10)6-8(9-6)4-2-3-5-8/h6,9H,2-5H2,1H3/t6-/m0/s1. The van der Waals surface area contributed by atoms with Crippen molar-refractivity contribution >= 4 is 5.97 Å². The summed E-state index contributed by atoms with van der Waals surface area (Å²) in [6.45, 7) is 0. The molecule has 11 heavy (non-hydrogen) atoms. The van der Waals surface area contributed by atoms with Gasteiger partial charge in [0, 0.05) is 5.54 Å². The van der Waals surface area contributed by atoms with Crippen LogP contribution in [0.5, 0.6) is 0 Å². The lowest BCUT2D eigenvalue weighted by Gasteiger charge is -2.01. The molecule has 0 bridgehead atoms. The van der Waals surface area contributed by atoms with E-state index in [9.17, 15) is 4.79 Å². The van der Waals surface area contributed by atoms with Crippen molar-refractivity contribution in [1.29, 1.82) is 0 Å². The first-order valence-electron chi connectivity index (χ1n) is 4.14. The van der Waals surface area contributed by atoms with Crippen LogP contribution < -0.4 is 5.32 Å². The fourth-order valence-corrected chi connectivity index (χ4v) is 2.09. The van der Waals surface area contributed by atoms with Gasteiger partial charge in [-0.2, -0.15) is 0 Å². The molecule has 1 saturated heterocycles. The highest BCUT2D eigenvalue weighted by Gasteiger charge is 2.59. The Hall–Kier alpha value is -0.570. The van der Waals surface area contributed by atoms with Crippen LogP contribution in [0.2, 0.25) is 0 Å². The van der Waals surface area contributed by atoms with Crippen molar-refractivity contribution in [3.05, 3.63) is 0 Å². The fraction of sp³-hybridized carbons (Fsp3) is 0.875. The van der Waals surface area contributed by atoms with Gasteiger partial charge < -0.3 is 4.74 Å². The Kier molecular flexibility index (Phi) is 1.42. The number of carbonyl (C=O) groups is 1. The maximum atomic E-state index is 11.1. The molecule has 1 aliphatic carbocycles. The summed E-state index contributed by atoms with van der Waals surface area (Å²) in [5.41, 5.74) is 0.160. The molecule has 1 spiro atoms. The van der Waals surface area contributed by atoms with Crippen molar-refractivity contribution in [3.63, 3.8) is 0 Å². The van der Waals surface area contributed by atoms with Crippen LogP contribution in [0.3, 0.4) is 0 Å². The number of nitrogens with one attached hydrogen (secondary N) is 1. The molecule has 2 aliphatic rings. The molecule has 1 atom stereocenters. The molecule has 0 aromatic carbocycles. The predicted octanol–water partition coefficient (Wildman–Crippen LogP) is 0.444. The van der Waals surface area contributed by atoms with Crippen LogP contribution in [0, 0.1) is 0 Å². The molecule has 1 saturated carbocycles. The van der Waals surface area contributed by atoms with Gasteiger partial charge >= 0.3 is 5.97 Å². The van der Waals surface area contributed by atoms with Gasteiger partial charge in [-0.1, -0.05) is 12.8 Å². The molecule has 3 heteroatoms. The van der Waals surface area contributed by atoms with E-state index in [0.29, 0.717) is 0 Å². The molecule has 0 aromatic rings. The van der Waals surface area contributed by atoms with E-state index < -0.39 is 0 Å². The van der Waals surface area contributed by atoms with Gasteiger partial charge in [-0.3, -0.25) is 10.1 Å². The summed E-state index contributed by atoms with van der Waals surface area (Å²) in [5, 5.41) is 3.22. The number of ether oxygens (including phenoxy) is 1. The van der Waals surface area contributed by atoms with E-state index in [0.717, 1.165) is 12.8 Å². The summed E-state index contributed by atoms with van der Waals surface area (Å²) in [4.78, 5) is 11.1. The Balaban J connectivity index is 1.97. The van der Waals surface area contributed by atoms with Gasteiger partial charge in [-0.05, 0) is 12.8 Å². The quantitative estimate of drug-likeness (QED) is 0.441. The molecule has 0 aromatic heterocycles. The summed E-state index contributed by atoms with van der Waals surface area (Å²) < 4.78 is 4.66. The van der Waals surface area contributed by atoms with Crippen LogP contribution in [0.25, 0.3) is 0 Å². The van der Waals surface area contributed by atoms with Gasteiger partial charge in [-0.25, -0.2) is 0 Å². The second-order valence-electron chi connectivity index (χ2n) is 3.46. The second kappa shape index (κ2) is 2.21. The smallest absolute Gasteiger partial charge is 0.324 e. The van der Waals surface area contributed by atoms with Crippen molar-refractivity contribution in [1.82, 2.24) is 5.32 Å². The fourth-order valence-electron chi connectivity index (χ4n) is 2.09. The largest absolute Gasteiger partial charge is 0.468 e. The molecule has 3 nitrogen and oxygen atoms in total. The van der Waals surface area contributed by atoms with Gasteiger partial charge in [0.15, 0.2) is 0 Å². The first-order valence-corrected chi connectivity index (χ1v) is 4.14. The molecule has 0 amide bonds. The van der Waals surface area contributed by atoms with E-state index in [2.05, 4.69) is 10.1 Å². The van der Waals surface area contributed by atoms with E-state index in [1.54, 1.807) is 0 Å². The van der Waals surface area contributed by atoms with Crippen molar-refractivity contribution in [3.8, 4) is 0 Å². The van der Waals surface area contributed by atoms with Gasteiger partial charge in [0.1, 0.15) is 6.04 Å². The third-order valence-electron chi connectivity index (χ3n) is 2.83. The lowest BCUT2D eigenvalue weighted by atomic mass is 10.0. The molecule has 1 N–H and O–H groups in total. The number of methoxy groups -OCH3 is 1. The monoisotopic (exact) mass is 155 g/mol. The van der Waals surface area contributed by atoms with Gasteiger partial charge in [0.05, 0.1) is 7.11 Å². The maximum absolute atomic E-state index is 11.1. The first kappa shape index (κ1) is 7.10. The zero-order valence-corrected chi connectivity index (χ0v) is 6.72. The molecular formula is C8H13NO2. The number of rotatable bonds is 1. The Morgan fingerprint density at radius 3 is 2.73 bits per heavy atom. The molecule has 1 aliphatic heterocycles. The topological polar surface area (TPSA) is 48.2 Å². The second-order valence-corrected chi connectivity index (χ2v) is 3.46. The average Bonchev–Trinajstić information content (AvgIpc) is 2.48. The Bertz CT molecular complexity index is 185. The number of esters is 1. The van der Waals surface area contributed by atoms with Crippen LogP contribution in [0.4, 0.5) is 0 Å². The third kappa shape index (κ3) is 0.948. The van der Waals surface area contributed by atoms with Crippen molar-refractivity contribution in [2.45, 2.75) is 37.3 Å². The highest BCUT2D eigenvalue weighted by molar-refractivity contribution is 5.81. The average molecular weight is 155 g/mol. The molecule has 1 heterocycles. The first-order chi connectivity index (χ1) is 5.28. The lowest BCUT2D eigenvalue weighted by molar-refractivity contribution is -0.140. The Labute approximate surface area is 66.1 Å². The zero-order valence-electron chi connectivity index (χ0n) is 6.72. The van der Waals surface area contributed by atoms with Gasteiger partial charge in [0.25, 0.3) is 0 Å². The van der Waals surface area contributed by atoms with Crippen LogP contribution in [0.15, 0.2) is 0 Å². The molecule has 0 unspecified atom stereocenters. The van der Waals surface area contributed by atoms with Gasteiger partial charge in [0.2, 0.25) is 0 Å². The van der Waals surface area contributed by atoms with Crippen LogP contribution in [0.1, 0.15) is 25.7 Å². The Morgan fingerprint density at radius 2 is 2.18 bits per heavy atom. The zero-order chi connectivity index (χ0) is 7.90. The third-order valence-corrected chi connectivity index (χ3v) is 2.83. The van der Waals surface area contributed by atoms with E-state index >= 15 is 0 Å². The highest BCUT2D eigenvalue weighted by atomic mass is 16.5. The molecule has 0 radical (unpaired) electrons. The summed E-state index contributed by atoms with van der Waals surface area (Å²) in [6.07, 6.45) is 4.79. The minimum Gasteiger partial charge on any atom is -0.468 e. The van der Waals surface area contributed by atoms with Crippen LogP contribution >= 0.6 is 0 Å². The number of carbonyl (C=O) groups excluding carboxylic acids is 1. The minimum absolute atomic E-state index is 0.00926. The van der Waals surface area contributed by atoms with E-state index in [1.807, 2.05) is 0 Å². The predicted molar refractivity (Wildman–Crippen MR) is 40.1 cm³/mol. The van der Waals surface area contributed by atoms with Crippen molar-refractivity contribution < 1.29 is 9.53 Å². The SMILES string of the molecule is COC(=O)[C@@H]1NC12CCCC2. The summed E-state index contributed by atoms with van der Waals surface area (Å²) in [7, 11) is 1.45. The van der Waals surface area contributed by atoms with E-state index in [1.165, 1.54) is 20.0 Å². The summed E-state index contributed by atoms with van der Waals surface area (Å²) in [5.74, 6) is -0.0908. The van der Waals surface area contributed by atoms with Crippen molar-refractivity contribution in [2.24, 2.45) is 0 Å². The normalized spacial score (nSPS) is 32.3. The van der Waals surface area contributed by atoms with E-state index in [-0.39, 0.29) is 17.6 Å². The molecule has 2 rings (SSSR count). The number of hydrogen-bond donors (Lipinski definition) is 1. The molecule has 62 valence electrons. The molecular weight excluding hydrogens is 142 g/mol. The van der Waals surface area contributed by atoms with Crippen LogP contribution in [-0.4, -0.2) is 24.7 Å². The minimum atomic E-state index is -0.0908. The highest BCUT2D eigenvalue weighted by Crippen LogP contribution is 2.42. The summed E-state index contributed by atoms with van der Waals surface area (Å²) >= 11 is 0. The maximum Gasteiger partial charge on any atom is 0.324 e. The number of hydrogen-bond acceptors (Lipinski definition) is 3. The summed E-state index contributed by atoms with van der Waals surface area (Å²) in [6, 6.07) is 0.00926. The lowest BCUT2D eigenvalue weighted by Crippen LogP contribution is -2.18.